The molecule has 0 fully saturated rings. The molecule has 0 nitrogen and oxygen atoms in total. The summed E-state index contributed by atoms with van der Waals surface area (Å²) in [6, 6.07) is 52.1. The van der Waals surface area contributed by atoms with E-state index in [1.165, 1.54) is 81.4 Å². The predicted octanol–water partition coefficient (Wildman–Crippen LogP) is 11.1. The fraction of sp³-hybridized carbons (Fsp3) is 0.0500. The zero-order valence-corrected chi connectivity index (χ0v) is 23.5. The van der Waals surface area contributed by atoms with Crippen LogP contribution in [0.4, 0.5) is 0 Å². The van der Waals surface area contributed by atoms with E-state index >= 15 is 0 Å². The second kappa shape index (κ2) is 8.46. The minimum absolute atomic E-state index is 0.243. The van der Waals surface area contributed by atoms with Crippen molar-refractivity contribution < 1.29 is 0 Å². The smallest absolute Gasteiger partial charge is 0.0435 e. The normalized spacial score (nSPS) is 16.4. The van der Waals surface area contributed by atoms with Gasteiger partial charge in [0.2, 0.25) is 0 Å². The molecule has 0 aromatic heterocycles. The lowest BCUT2D eigenvalue weighted by Gasteiger charge is -2.29. The maximum atomic E-state index is 2.47. The van der Waals surface area contributed by atoms with Crippen LogP contribution in [0.1, 0.15) is 23.6 Å². The first kappa shape index (κ1) is 23.1. The van der Waals surface area contributed by atoms with Crippen LogP contribution in [0.15, 0.2) is 149 Å². The van der Waals surface area contributed by atoms with Gasteiger partial charge in [0.25, 0.3) is 0 Å². The van der Waals surface area contributed by atoms with Gasteiger partial charge in [-0.3, -0.25) is 0 Å². The Morgan fingerprint density at radius 1 is 0.439 bits per heavy atom. The average Bonchev–Trinajstić information content (AvgIpc) is 3.28. The van der Waals surface area contributed by atoms with Crippen LogP contribution < -0.4 is 0 Å². The summed E-state index contributed by atoms with van der Waals surface area (Å²) in [6.45, 7) is 2.41. The number of rotatable bonds is 2. The SMILES string of the molecule is CC1(c2ccccc2)c2cc(-c3cc4c5c(cccc5c3)Sc3ccccc3-4)ccc2-c2cc3ccccc3cc21. The van der Waals surface area contributed by atoms with Crippen molar-refractivity contribution in [1.29, 1.82) is 0 Å². The van der Waals surface area contributed by atoms with Gasteiger partial charge in [-0.15, -0.1) is 0 Å². The standard InChI is InChI=1S/C40H26S/c1-40(30-13-3-2-4-14-30)35-24-27(18-19-31(35)33-21-25-10-5-6-11-26(25)23-36(33)40)29-20-28-12-9-17-38-39(28)34(22-29)32-15-7-8-16-37(32)41-38/h2-24H,1H3. The van der Waals surface area contributed by atoms with Gasteiger partial charge < -0.3 is 0 Å². The lowest BCUT2D eigenvalue weighted by atomic mass is 9.73. The summed E-state index contributed by atoms with van der Waals surface area (Å²) < 4.78 is 0. The van der Waals surface area contributed by atoms with Gasteiger partial charge in [0.05, 0.1) is 0 Å². The first-order chi connectivity index (χ1) is 20.2. The largest absolute Gasteiger partial charge is 0.0888 e. The zero-order valence-electron chi connectivity index (χ0n) is 22.7. The number of benzene rings is 7. The van der Waals surface area contributed by atoms with Gasteiger partial charge in [0.15, 0.2) is 0 Å². The van der Waals surface area contributed by atoms with Crippen molar-refractivity contribution in [3.05, 3.63) is 156 Å². The molecule has 0 bridgehead atoms. The maximum Gasteiger partial charge on any atom is 0.0435 e. The van der Waals surface area contributed by atoms with E-state index in [9.17, 15) is 0 Å². The van der Waals surface area contributed by atoms with Crippen LogP contribution >= 0.6 is 11.8 Å². The fourth-order valence-electron chi connectivity index (χ4n) is 7.23. The van der Waals surface area contributed by atoms with Gasteiger partial charge in [-0.1, -0.05) is 109 Å². The van der Waals surface area contributed by atoms with Crippen molar-refractivity contribution in [3.8, 4) is 33.4 Å². The molecule has 0 saturated carbocycles. The van der Waals surface area contributed by atoms with Gasteiger partial charge in [-0.25, -0.2) is 0 Å². The topological polar surface area (TPSA) is 0 Å². The maximum absolute atomic E-state index is 2.47. The second-order valence-corrected chi connectivity index (χ2v) is 12.6. The Kier molecular flexibility index (Phi) is 4.77. The minimum Gasteiger partial charge on any atom is -0.0888 e. The Morgan fingerprint density at radius 2 is 1.15 bits per heavy atom. The van der Waals surface area contributed by atoms with Gasteiger partial charge in [0.1, 0.15) is 0 Å². The van der Waals surface area contributed by atoms with Crippen molar-refractivity contribution in [2.45, 2.75) is 22.1 Å². The van der Waals surface area contributed by atoms with Crippen molar-refractivity contribution in [3.63, 3.8) is 0 Å². The molecule has 1 aliphatic carbocycles. The van der Waals surface area contributed by atoms with E-state index in [1.807, 2.05) is 11.8 Å². The van der Waals surface area contributed by atoms with E-state index in [-0.39, 0.29) is 5.41 Å². The highest BCUT2D eigenvalue weighted by Gasteiger charge is 2.41. The van der Waals surface area contributed by atoms with E-state index in [1.54, 1.807) is 0 Å². The number of hydrogen-bond donors (Lipinski definition) is 0. The molecule has 0 saturated heterocycles. The summed E-state index contributed by atoms with van der Waals surface area (Å²) in [4.78, 5) is 2.67. The molecule has 192 valence electrons. The van der Waals surface area contributed by atoms with Crippen LogP contribution in [-0.2, 0) is 5.41 Å². The molecule has 0 spiro atoms. The molecule has 9 rings (SSSR count). The summed E-state index contributed by atoms with van der Waals surface area (Å²) in [5, 5.41) is 5.26. The Bertz CT molecular complexity index is 2190. The van der Waals surface area contributed by atoms with Crippen LogP contribution in [0.2, 0.25) is 0 Å². The molecule has 1 unspecified atom stereocenters. The lowest BCUT2D eigenvalue weighted by molar-refractivity contribution is 0.715. The second-order valence-electron chi connectivity index (χ2n) is 11.5. The molecular weight excluding hydrogens is 513 g/mol. The fourth-order valence-corrected chi connectivity index (χ4v) is 8.38. The Morgan fingerprint density at radius 3 is 2.02 bits per heavy atom. The highest BCUT2D eigenvalue weighted by atomic mass is 32.2. The molecule has 1 aliphatic heterocycles. The van der Waals surface area contributed by atoms with Gasteiger partial charge in [-0.05, 0) is 116 Å². The molecule has 1 heteroatoms. The van der Waals surface area contributed by atoms with Crippen LogP contribution in [0, 0.1) is 0 Å². The molecule has 2 aliphatic rings. The molecule has 7 aromatic carbocycles. The molecule has 41 heavy (non-hydrogen) atoms. The van der Waals surface area contributed by atoms with Crippen molar-refractivity contribution in [2.75, 3.05) is 0 Å². The summed E-state index contributed by atoms with van der Waals surface area (Å²) in [6.07, 6.45) is 0. The number of fused-ring (bicyclic) bond motifs is 6. The highest BCUT2D eigenvalue weighted by Crippen LogP contribution is 2.55. The third-order valence-corrected chi connectivity index (χ3v) is 10.4. The van der Waals surface area contributed by atoms with Crippen LogP contribution in [-0.4, -0.2) is 0 Å². The van der Waals surface area contributed by atoms with Crippen LogP contribution in [0.3, 0.4) is 0 Å². The molecule has 1 heterocycles. The van der Waals surface area contributed by atoms with E-state index in [4.69, 9.17) is 0 Å². The lowest BCUT2D eigenvalue weighted by Crippen LogP contribution is -2.22. The highest BCUT2D eigenvalue weighted by molar-refractivity contribution is 7.99. The summed E-state index contributed by atoms with van der Waals surface area (Å²) in [5.41, 5.74) is 11.7. The average molecular weight is 539 g/mol. The molecule has 0 amide bonds. The zero-order chi connectivity index (χ0) is 27.1. The Hall–Kier alpha value is -4.59. The van der Waals surface area contributed by atoms with Crippen LogP contribution in [0.5, 0.6) is 0 Å². The Balaban J connectivity index is 1.30. The third-order valence-electron chi connectivity index (χ3n) is 9.29. The predicted molar refractivity (Wildman–Crippen MR) is 174 cm³/mol. The van der Waals surface area contributed by atoms with E-state index in [2.05, 4.69) is 146 Å². The molecule has 0 radical (unpaired) electrons. The van der Waals surface area contributed by atoms with Crippen molar-refractivity contribution in [2.24, 2.45) is 0 Å². The summed E-state index contributed by atoms with van der Waals surface area (Å²) in [7, 11) is 0. The Labute approximate surface area is 244 Å². The minimum atomic E-state index is -0.243. The van der Waals surface area contributed by atoms with E-state index in [0.29, 0.717) is 0 Å². The van der Waals surface area contributed by atoms with Crippen LogP contribution in [0.25, 0.3) is 54.9 Å². The van der Waals surface area contributed by atoms with E-state index < -0.39 is 0 Å². The molecule has 7 aromatic rings. The quantitative estimate of drug-likeness (QED) is 0.211. The first-order valence-corrected chi connectivity index (χ1v) is 15.1. The van der Waals surface area contributed by atoms with Gasteiger partial charge in [-0.2, -0.15) is 0 Å². The monoisotopic (exact) mass is 538 g/mol. The summed E-state index contributed by atoms with van der Waals surface area (Å²) >= 11 is 1.88. The van der Waals surface area contributed by atoms with Crippen molar-refractivity contribution in [1.82, 2.24) is 0 Å². The van der Waals surface area contributed by atoms with E-state index in [0.717, 1.165) is 0 Å². The molecule has 1 atom stereocenters. The van der Waals surface area contributed by atoms with Crippen molar-refractivity contribution >= 4 is 33.3 Å². The van der Waals surface area contributed by atoms with Gasteiger partial charge in [0, 0.05) is 20.6 Å². The molecular formula is C40H26S. The number of hydrogen-bond acceptors (Lipinski definition) is 1. The summed E-state index contributed by atoms with van der Waals surface area (Å²) in [5.74, 6) is 0. The first-order valence-electron chi connectivity index (χ1n) is 14.3. The van der Waals surface area contributed by atoms with Gasteiger partial charge >= 0.3 is 0 Å². The third kappa shape index (κ3) is 3.24. The molecule has 0 N–H and O–H groups in total.